The number of hydrogen-bond donors (Lipinski definition) is 1. The minimum atomic E-state index is -0.386. The Morgan fingerprint density at radius 2 is 2.08 bits per heavy atom. The average Bonchev–Trinajstić information content (AvgIpc) is 3.09. The van der Waals surface area contributed by atoms with Crippen molar-refractivity contribution in [3.8, 4) is 23.6 Å². The van der Waals surface area contributed by atoms with Crippen LogP contribution < -0.4 is 0 Å². The van der Waals surface area contributed by atoms with Crippen LogP contribution in [0.5, 0.6) is 0 Å². The Bertz CT molecular complexity index is 1210. The van der Waals surface area contributed by atoms with Gasteiger partial charge in [0.15, 0.2) is 5.78 Å². The molecule has 2 heterocycles. The summed E-state index contributed by atoms with van der Waals surface area (Å²) in [6.07, 6.45) is 7.70. The van der Waals surface area contributed by atoms with Crippen LogP contribution in [0.2, 0.25) is 0 Å². The van der Waals surface area contributed by atoms with Crippen molar-refractivity contribution in [1.29, 1.82) is 0 Å². The zero-order valence-corrected chi connectivity index (χ0v) is 14.1. The van der Waals surface area contributed by atoms with Crippen LogP contribution in [0, 0.1) is 18.2 Å². The molecule has 2 aromatic heterocycles. The van der Waals surface area contributed by atoms with E-state index in [4.69, 9.17) is 6.42 Å². The van der Waals surface area contributed by atoms with Crippen LogP contribution in [0.3, 0.4) is 0 Å². The van der Waals surface area contributed by atoms with Crippen molar-refractivity contribution in [3.05, 3.63) is 65.6 Å². The Morgan fingerprint density at radius 3 is 2.85 bits per heavy atom. The van der Waals surface area contributed by atoms with E-state index in [1.54, 1.807) is 6.20 Å². The first-order valence-electron chi connectivity index (χ1n) is 8.33. The Balaban J connectivity index is 1.93. The second-order valence-corrected chi connectivity index (χ2v) is 6.07. The number of rotatable bonds is 3. The molecule has 4 rings (SSSR count). The van der Waals surface area contributed by atoms with Crippen LogP contribution in [0.15, 0.2) is 48.7 Å². The van der Waals surface area contributed by atoms with Gasteiger partial charge in [-0.25, -0.2) is 9.37 Å². The number of hydrogen-bond acceptors (Lipinski definition) is 2. The number of nitrogens with one attached hydrogen (secondary N) is 1. The maximum Gasteiger partial charge on any atom is 0.163 e. The minimum Gasteiger partial charge on any atom is -0.359 e. The summed E-state index contributed by atoms with van der Waals surface area (Å²) in [5, 5.41) is 1.50. The molecule has 126 valence electrons. The number of pyridine rings is 1. The first-order chi connectivity index (χ1) is 12.6. The van der Waals surface area contributed by atoms with Gasteiger partial charge in [0.25, 0.3) is 0 Å². The molecule has 26 heavy (non-hydrogen) atoms. The summed E-state index contributed by atoms with van der Waals surface area (Å²) < 4.78 is 13.9. The maximum absolute atomic E-state index is 13.9. The Morgan fingerprint density at radius 1 is 1.23 bits per heavy atom. The van der Waals surface area contributed by atoms with Crippen molar-refractivity contribution >= 4 is 27.6 Å². The van der Waals surface area contributed by atoms with E-state index in [0.717, 1.165) is 16.5 Å². The standard InChI is InChI=1S/C22H15FN2O/c1-3-13-10-14(23)11-17-18(12-24-22(13)17)20-9-8-15-16(21(26)4-2)6-5-7-19(15)25-20/h1,5-12,24H,4H2,2H3. The number of H-pyrrole nitrogens is 1. The summed E-state index contributed by atoms with van der Waals surface area (Å²) in [7, 11) is 0. The molecule has 0 amide bonds. The zero-order valence-electron chi connectivity index (χ0n) is 14.1. The third-order valence-corrected chi connectivity index (χ3v) is 4.54. The van der Waals surface area contributed by atoms with Crippen molar-refractivity contribution in [2.75, 3.05) is 0 Å². The first-order valence-corrected chi connectivity index (χ1v) is 8.33. The highest BCUT2D eigenvalue weighted by molar-refractivity contribution is 6.08. The molecule has 0 spiro atoms. The molecular formula is C22H15FN2O. The SMILES string of the molecule is C#Cc1cc(F)cc2c(-c3ccc4c(C(=O)CC)cccc4n3)c[nH]c12. The summed E-state index contributed by atoms with van der Waals surface area (Å²) >= 11 is 0. The molecule has 4 heteroatoms. The number of benzene rings is 2. The van der Waals surface area contributed by atoms with Gasteiger partial charge in [0.2, 0.25) is 0 Å². The smallest absolute Gasteiger partial charge is 0.163 e. The van der Waals surface area contributed by atoms with Gasteiger partial charge in [0.05, 0.1) is 22.3 Å². The highest BCUT2D eigenvalue weighted by atomic mass is 19.1. The third-order valence-electron chi connectivity index (χ3n) is 4.54. The summed E-state index contributed by atoms with van der Waals surface area (Å²) in [6.45, 7) is 1.84. The van der Waals surface area contributed by atoms with E-state index in [-0.39, 0.29) is 11.6 Å². The lowest BCUT2D eigenvalue weighted by atomic mass is 10.0. The van der Waals surface area contributed by atoms with Crippen LogP contribution in [0.25, 0.3) is 33.1 Å². The highest BCUT2D eigenvalue weighted by Crippen LogP contribution is 2.31. The van der Waals surface area contributed by atoms with Gasteiger partial charge in [-0.3, -0.25) is 4.79 Å². The molecule has 0 fully saturated rings. The van der Waals surface area contributed by atoms with E-state index < -0.39 is 0 Å². The summed E-state index contributed by atoms with van der Waals surface area (Å²) in [6, 6.07) is 12.0. The molecule has 0 unspecified atom stereocenters. The number of terminal acetylenes is 1. The molecule has 0 radical (unpaired) electrons. The van der Waals surface area contributed by atoms with Gasteiger partial charge in [-0.1, -0.05) is 25.0 Å². The number of nitrogens with zero attached hydrogens (tertiary/aromatic N) is 1. The maximum atomic E-state index is 13.9. The fourth-order valence-corrected chi connectivity index (χ4v) is 3.26. The normalized spacial score (nSPS) is 11.0. The molecule has 1 N–H and O–H groups in total. The number of aromatic amines is 1. The molecule has 0 atom stereocenters. The molecule has 4 aromatic rings. The Hall–Kier alpha value is -3.45. The predicted octanol–water partition coefficient (Wildman–Crippen LogP) is 5.10. The van der Waals surface area contributed by atoms with Crippen LogP contribution in [-0.2, 0) is 0 Å². The number of ketones is 1. The largest absolute Gasteiger partial charge is 0.359 e. The molecule has 0 aliphatic rings. The monoisotopic (exact) mass is 342 g/mol. The van der Waals surface area contributed by atoms with Crippen LogP contribution in [0.1, 0.15) is 29.3 Å². The molecule has 3 nitrogen and oxygen atoms in total. The van der Waals surface area contributed by atoms with Crippen molar-refractivity contribution in [2.45, 2.75) is 13.3 Å². The summed E-state index contributed by atoms with van der Waals surface area (Å²) in [5.41, 5.74) is 4.04. The van der Waals surface area contributed by atoms with Gasteiger partial charge in [-0.05, 0) is 30.3 Å². The highest BCUT2D eigenvalue weighted by Gasteiger charge is 2.14. The molecule has 0 bridgehead atoms. The lowest BCUT2D eigenvalue weighted by molar-refractivity contribution is 0.0989. The molecule has 0 saturated heterocycles. The van der Waals surface area contributed by atoms with Crippen LogP contribution >= 0.6 is 0 Å². The van der Waals surface area contributed by atoms with Gasteiger partial charge < -0.3 is 4.98 Å². The fourth-order valence-electron chi connectivity index (χ4n) is 3.26. The Kier molecular flexibility index (Phi) is 3.78. The molecule has 0 aliphatic heterocycles. The van der Waals surface area contributed by atoms with Gasteiger partial charge >= 0.3 is 0 Å². The third kappa shape index (κ3) is 2.46. The topological polar surface area (TPSA) is 45.8 Å². The van der Waals surface area contributed by atoms with Crippen molar-refractivity contribution in [3.63, 3.8) is 0 Å². The second kappa shape index (κ2) is 6.12. The average molecular weight is 342 g/mol. The number of carbonyl (C=O) groups is 1. The van der Waals surface area contributed by atoms with E-state index in [1.807, 2.05) is 37.3 Å². The quantitative estimate of drug-likeness (QED) is 0.416. The van der Waals surface area contributed by atoms with E-state index in [1.165, 1.54) is 12.1 Å². The van der Waals surface area contributed by atoms with Gasteiger partial charge in [-0.15, -0.1) is 6.42 Å². The summed E-state index contributed by atoms with van der Waals surface area (Å²) in [5.74, 6) is 2.20. The lowest BCUT2D eigenvalue weighted by Gasteiger charge is -2.06. The number of carbonyl (C=O) groups excluding carboxylic acids is 1. The van der Waals surface area contributed by atoms with Gasteiger partial charge in [-0.2, -0.15) is 0 Å². The van der Waals surface area contributed by atoms with Gasteiger partial charge in [0, 0.05) is 34.5 Å². The number of fused-ring (bicyclic) bond motifs is 2. The van der Waals surface area contributed by atoms with E-state index >= 15 is 0 Å². The molecule has 0 aliphatic carbocycles. The predicted molar refractivity (Wildman–Crippen MR) is 102 cm³/mol. The number of halogens is 1. The fraction of sp³-hybridized carbons (Fsp3) is 0.0909. The van der Waals surface area contributed by atoms with Crippen molar-refractivity contribution in [1.82, 2.24) is 9.97 Å². The minimum absolute atomic E-state index is 0.0815. The van der Waals surface area contributed by atoms with Crippen molar-refractivity contribution in [2.24, 2.45) is 0 Å². The van der Waals surface area contributed by atoms with E-state index in [2.05, 4.69) is 15.9 Å². The molecular weight excluding hydrogens is 327 g/mol. The van der Waals surface area contributed by atoms with E-state index in [0.29, 0.717) is 34.1 Å². The molecule has 0 saturated carbocycles. The molecule has 2 aromatic carbocycles. The van der Waals surface area contributed by atoms with Crippen LogP contribution in [-0.4, -0.2) is 15.8 Å². The van der Waals surface area contributed by atoms with E-state index in [9.17, 15) is 9.18 Å². The number of Topliss-reactive ketones (excluding diaryl/α,β-unsaturated/α-hetero) is 1. The summed E-state index contributed by atoms with van der Waals surface area (Å²) in [4.78, 5) is 19.9. The number of aromatic nitrogens is 2. The van der Waals surface area contributed by atoms with Crippen molar-refractivity contribution < 1.29 is 9.18 Å². The van der Waals surface area contributed by atoms with Crippen LogP contribution in [0.4, 0.5) is 4.39 Å². The zero-order chi connectivity index (χ0) is 18.3. The second-order valence-electron chi connectivity index (χ2n) is 6.07. The first kappa shape index (κ1) is 16.0. The lowest BCUT2D eigenvalue weighted by Crippen LogP contribution is -1.98. The van der Waals surface area contributed by atoms with Gasteiger partial charge in [0.1, 0.15) is 5.82 Å². The Labute approximate surface area is 149 Å².